The summed E-state index contributed by atoms with van der Waals surface area (Å²) in [5.74, 6) is 0.728. The average Bonchev–Trinajstić information content (AvgIpc) is 2.39. The molecule has 2 aromatic rings. The van der Waals surface area contributed by atoms with Crippen LogP contribution in [0.1, 0.15) is 29.9 Å². The summed E-state index contributed by atoms with van der Waals surface area (Å²) in [6, 6.07) is 9.31. The van der Waals surface area contributed by atoms with E-state index in [1.807, 2.05) is 24.3 Å². The number of ketones is 1. The van der Waals surface area contributed by atoms with Crippen molar-refractivity contribution in [2.75, 3.05) is 0 Å². The first kappa shape index (κ1) is 11.5. The van der Waals surface area contributed by atoms with Gasteiger partial charge in [0.05, 0.1) is 0 Å². The van der Waals surface area contributed by atoms with Crippen molar-refractivity contribution in [2.24, 2.45) is 0 Å². The summed E-state index contributed by atoms with van der Waals surface area (Å²) < 4.78 is 0. The lowest BCUT2D eigenvalue weighted by Crippen LogP contribution is -1.96. The molecule has 0 aliphatic rings. The molecule has 0 spiro atoms. The van der Waals surface area contributed by atoms with E-state index in [-0.39, 0.29) is 5.78 Å². The van der Waals surface area contributed by atoms with Gasteiger partial charge in [-0.15, -0.1) is 0 Å². The van der Waals surface area contributed by atoms with E-state index in [1.54, 1.807) is 19.2 Å². The third kappa shape index (κ3) is 2.56. The molecule has 0 radical (unpaired) electrons. The van der Waals surface area contributed by atoms with Gasteiger partial charge in [-0.05, 0) is 25.5 Å². The molecule has 86 valence electrons. The zero-order valence-corrected chi connectivity index (χ0v) is 9.97. The fourth-order valence-electron chi connectivity index (χ4n) is 1.61. The number of carbonyl (C=O) groups excluding carboxylic acids is 1. The maximum atomic E-state index is 11.3. The summed E-state index contributed by atoms with van der Waals surface area (Å²) in [7, 11) is 0. The summed E-state index contributed by atoms with van der Waals surface area (Å²) >= 11 is 0. The Morgan fingerprint density at radius 1 is 1.29 bits per heavy atom. The van der Waals surface area contributed by atoms with E-state index in [2.05, 4.69) is 16.9 Å². The van der Waals surface area contributed by atoms with Crippen LogP contribution >= 0.6 is 0 Å². The smallest absolute Gasteiger partial charge is 0.159 e. The van der Waals surface area contributed by atoms with Crippen molar-refractivity contribution in [3.63, 3.8) is 0 Å². The standard InChI is InChI=1S/C14H14N2O/c1-3-13-7-8-15-14(16-13)12-6-4-5-11(9-12)10(2)17/h4-9H,3H2,1-2H3. The van der Waals surface area contributed by atoms with Gasteiger partial charge in [0, 0.05) is 23.0 Å². The second-order valence-corrected chi connectivity index (χ2v) is 3.86. The SMILES string of the molecule is CCc1ccnc(-c2cccc(C(C)=O)c2)n1. The summed E-state index contributed by atoms with van der Waals surface area (Å²) in [6.45, 7) is 3.61. The number of hydrogen-bond donors (Lipinski definition) is 0. The van der Waals surface area contributed by atoms with Crippen LogP contribution < -0.4 is 0 Å². The molecule has 0 unspecified atom stereocenters. The van der Waals surface area contributed by atoms with Crippen molar-refractivity contribution >= 4 is 5.78 Å². The Balaban J connectivity index is 2.45. The maximum Gasteiger partial charge on any atom is 0.159 e. The number of hydrogen-bond acceptors (Lipinski definition) is 3. The molecule has 0 aliphatic heterocycles. The summed E-state index contributed by atoms with van der Waals surface area (Å²) in [5, 5.41) is 0. The zero-order chi connectivity index (χ0) is 12.3. The maximum absolute atomic E-state index is 11.3. The fourth-order valence-corrected chi connectivity index (χ4v) is 1.61. The van der Waals surface area contributed by atoms with Crippen molar-refractivity contribution in [3.05, 3.63) is 47.8 Å². The van der Waals surface area contributed by atoms with Crippen molar-refractivity contribution in [1.29, 1.82) is 0 Å². The van der Waals surface area contributed by atoms with Gasteiger partial charge < -0.3 is 0 Å². The molecule has 0 bridgehead atoms. The Hall–Kier alpha value is -2.03. The second-order valence-electron chi connectivity index (χ2n) is 3.86. The van der Waals surface area contributed by atoms with E-state index in [0.717, 1.165) is 17.7 Å². The van der Waals surface area contributed by atoms with Gasteiger partial charge in [0.25, 0.3) is 0 Å². The van der Waals surface area contributed by atoms with E-state index < -0.39 is 0 Å². The first-order valence-corrected chi connectivity index (χ1v) is 5.64. The lowest BCUT2D eigenvalue weighted by molar-refractivity contribution is 0.101. The molecule has 0 saturated carbocycles. The first-order chi connectivity index (χ1) is 8.20. The van der Waals surface area contributed by atoms with Crippen LogP contribution in [0.2, 0.25) is 0 Å². The van der Waals surface area contributed by atoms with Crippen LogP contribution in [0.5, 0.6) is 0 Å². The topological polar surface area (TPSA) is 42.9 Å². The number of carbonyl (C=O) groups is 1. The number of nitrogens with zero attached hydrogens (tertiary/aromatic N) is 2. The van der Waals surface area contributed by atoms with Crippen molar-refractivity contribution < 1.29 is 4.79 Å². The highest BCUT2D eigenvalue weighted by Crippen LogP contribution is 2.16. The van der Waals surface area contributed by atoms with Gasteiger partial charge in [-0.2, -0.15) is 0 Å². The van der Waals surface area contributed by atoms with Gasteiger partial charge in [0.2, 0.25) is 0 Å². The number of rotatable bonds is 3. The van der Waals surface area contributed by atoms with Crippen LogP contribution in [0.4, 0.5) is 0 Å². The first-order valence-electron chi connectivity index (χ1n) is 5.64. The van der Waals surface area contributed by atoms with E-state index in [9.17, 15) is 4.79 Å². The summed E-state index contributed by atoms with van der Waals surface area (Å²) in [4.78, 5) is 20.0. The monoisotopic (exact) mass is 226 g/mol. The van der Waals surface area contributed by atoms with Crippen LogP contribution in [0, 0.1) is 0 Å². The molecule has 1 aromatic heterocycles. The lowest BCUT2D eigenvalue weighted by atomic mass is 10.1. The van der Waals surface area contributed by atoms with E-state index in [4.69, 9.17) is 0 Å². The lowest BCUT2D eigenvalue weighted by Gasteiger charge is -2.03. The average molecular weight is 226 g/mol. The molecule has 2 rings (SSSR count). The molecule has 0 saturated heterocycles. The Labute approximate surface area is 101 Å². The van der Waals surface area contributed by atoms with E-state index >= 15 is 0 Å². The quantitative estimate of drug-likeness (QED) is 0.756. The Morgan fingerprint density at radius 3 is 2.82 bits per heavy atom. The molecule has 1 aromatic carbocycles. The molecule has 0 fully saturated rings. The van der Waals surface area contributed by atoms with Gasteiger partial charge in [0.1, 0.15) is 0 Å². The van der Waals surface area contributed by atoms with Gasteiger partial charge >= 0.3 is 0 Å². The molecule has 17 heavy (non-hydrogen) atoms. The number of aromatic nitrogens is 2. The van der Waals surface area contributed by atoms with Crippen LogP contribution in [0.15, 0.2) is 36.5 Å². The van der Waals surface area contributed by atoms with Gasteiger partial charge in [-0.25, -0.2) is 9.97 Å². The molecule has 1 heterocycles. The summed E-state index contributed by atoms with van der Waals surface area (Å²) in [5.41, 5.74) is 2.57. The van der Waals surface area contributed by atoms with Crippen LogP contribution in [0.25, 0.3) is 11.4 Å². The van der Waals surface area contributed by atoms with Crippen LogP contribution in [-0.2, 0) is 6.42 Å². The predicted molar refractivity (Wildman–Crippen MR) is 66.9 cm³/mol. The second kappa shape index (κ2) is 4.87. The van der Waals surface area contributed by atoms with Gasteiger partial charge in [0.15, 0.2) is 11.6 Å². The highest BCUT2D eigenvalue weighted by Gasteiger charge is 2.05. The molecular formula is C14H14N2O. The number of benzene rings is 1. The predicted octanol–water partition coefficient (Wildman–Crippen LogP) is 2.91. The van der Waals surface area contributed by atoms with Crippen LogP contribution in [0.3, 0.4) is 0 Å². The van der Waals surface area contributed by atoms with Crippen molar-refractivity contribution in [2.45, 2.75) is 20.3 Å². The third-order valence-electron chi connectivity index (χ3n) is 2.60. The van der Waals surface area contributed by atoms with Crippen molar-refractivity contribution in [3.8, 4) is 11.4 Å². The third-order valence-corrected chi connectivity index (χ3v) is 2.60. The van der Waals surface area contributed by atoms with Crippen molar-refractivity contribution in [1.82, 2.24) is 9.97 Å². The molecule has 0 amide bonds. The highest BCUT2D eigenvalue weighted by molar-refractivity contribution is 5.95. The highest BCUT2D eigenvalue weighted by atomic mass is 16.1. The molecular weight excluding hydrogens is 212 g/mol. The van der Waals surface area contributed by atoms with E-state index in [1.165, 1.54) is 0 Å². The molecule has 0 N–H and O–H groups in total. The number of Topliss-reactive ketones (excluding diaryl/α,β-unsaturated/α-hetero) is 1. The minimum absolute atomic E-state index is 0.0542. The minimum Gasteiger partial charge on any atom is -0.295 e. The zero-order valence-electron chi connectivity index (χ0n) is 9.97. The fraction of sp³-hybridized carbons (Fsp3) is 0.214. The largest absolute Gasteiger partial charge is 0.295 e. The molecule has 3 heteroatoms. The van der Waals surface area contributed by atoms with Crippen LogP contribution in [-0.4, -0.2) is 15.8 Å². The normalized spacial score (nSPS) is 10.2. The minimum atomic E-state index is 0.0542. The summed E-state index contributed by atoms with van der Waals surface area (Å²) in [6.07, 6.45) is 2.63. The van der Waals surface area contributed by atoms with E-state index in [0.29, 0.717) is 11.4 Å². The number of aryl methyl sites for hydroxylation is 1. The molecule has 0 atom stereocenters. The van der Waals surface area contributed by atoms with Gasteiger partial charge in [-0.1, -0.05) is 25.1 Å². The Morgan fingerprint density at radius 2 is 2.12 bits per heavy atom. The Bertz CT molecular complexity index is 549. The van der Waals surface area contributed by atoms with Gasteiger partial charge in [-0.3, -0.25) is 4.79 Å². The molecule has 3 nitrogen and oxygen atoms in total. The molecule has 0 aliphatic carbocycles. The Kier molecular flexibility index (Phi) is 3.28.